The Morgan fingerprint density at radius 2 is 2.50 bits per heavy atom. The summed E-state index contributed by atoms with van der Waals surface area (Å²) in [5, 5.41) is 12.0. The van der Waals surface area contributed by atoms with Crippen LogP contribution in [0.5, 0.6) is 0 Å². The summed E-state index contributed by atoms with van der Waals surface area (Å²) < 4.78 is 0. The van der Waals surface area contributed by atoms with Crippen LogP contribution in [0.2, 0.25) is 0 Å². The zero-order valence-corrected chi connectivity index (χ0v) is 9.31. The molecule has 2 atom stereocenters. The van der Waals surface area contributed by atoms with E-state index in [9.17, 15) is 4.79 Å². The van der Waals surface area contributed by atoms with Crippen molar-refractivity contribution in [1.82, 2.24) is 10.3 Å². The number of carboxylic acid groups (broad SMARTS) is 1. The molecule has 0 aromatic carbocycles. The summed E-state index contributed by atoms with van der Waals surface area (Å²) in [4.78, 5) is 15.2. The SMILES string of the molecule is CC(NC1CCCc2cccnc21)C(=O)O. The Labute approximate surface area is 94.7 Å². The number of rotatable bonds is 3. The van der Waals surface area contributed by atoms with Crippen molar-refractivity contribution in [1.29, 1.82) is 0 Å². The maximum absolute atomic E-state index is 10.8. The van der Waals surface area contributed by atoms with E-state index in [-0.39, 0.29) is 6.04 Å². The van der Waals surface area contributed by atoms with Crippen molar-refractivity contribution in [2.45, 2.75) is 38.3 Å². The molecule has 4 heteroatoms. The molecule has 0 radical (unpaired) electrons. The fraction of sp³-hybridized carbons (Fsp3) is 0.500. The number of aliphatic carboxylic acids is 1. The van der Waals surface area contributed by atoms with Gasteiger partial charge in [0.15, 0.2) is 0 Å². The van der Waals surface area contributed by atoms with E-state index in [4.69, 9.17) is 5.11 Å². The topological polar surface area (TPSA) is 62.2 Å². The van der Waals surface area contributed by atoms with E-state index in [1.54, 1.807) is 13.1 Å². The molecule has 2 N–H and O–H groups in total. The zero-order valence-electron chi connectivity index (χ0n) is 9.31. The average Bonchev–Trinajstić information content (AvgIpc) is 2.29. The van der Waals surface area contributed by atoms with Crippen molar-refractivity contribution in [2.75, 3.05) is 0 Å². The molecule has 0 fully saturated rings. The van der Waals surface area contributed by atoms with E-state index in [0.29, 0.717) is 0 Å². The van der Waals surface area contributed by atoms with E-state index in [1.807, 2.05) is 6.07 Å². The number of aromatic nitrogens is 1. The van der Waals surface area contributed by atoms with Crippen LogP contribution in [0.15, 0.2) is 18.3 Å². The van der Waals surface area contributed by atoms with Gasteiger partial charge >= 0.3 is 5.97 Å². The summed E-state index contributed by atoms with van der Waals surface area (Å²) in [6.07, 6.45) is 4.86. The highest BCUT2D eigenvalue weighted by Crippen LogP contribution is 2.27. The van der Waals surface area contributed by atoms with Crippen LogP contribution in [0, 0.1) is 0 Å². The van der Waals surface area contributed by atoms with Gasteiger partial charge in [0, 0.05) is 6.20 Å². The lowest BCUT2D eigenvalue weighted by molar-refractivity contribution is -0.139. The maximum Gasteiger partial charge on any atom is 0.320 e. The number of fused-ring (bicyclic) bond motifs is 1. The Bertz CT molecular complexity index is 392. The van der Waals surface area contributed by atoms with Crippen LogP contribution < -0.4 is 5.32 Å². The van der Waals surface area contributed by atoms with Crippen LogP contribution in [0.1, 0.15) is 37.1 Å². The summed E-state index contributed by atoms with van der Waals surface area (Å²) in [6, 6.07) is 3.55. The predicted molar refractivity (Wildman–Crippen MR) is 60.1 cm³/mol. The van der Waals surface area contributed by atoms with Crippen LogP contribution in [0.3, 0.4) is 0 Å². The van der Waals surface area contributed by atoms with Crippen molar-refractivity contribution in [3.05, 3.63) is 29.6 Å². The second-order valence-corrected chi connectivity index (χ2v) is 4.22. The smallest absolute Gasteiger partial charge is 0.320 e. The lowest BCUT2D eigenvalue weighted by Gasteiger charge is -2.26. The first-order valence-corrected chi connectivity index (χ1v) is 5.61. The molecule has 16 heavy (non-hydrogen) atoms. The number of aryl methyl sites for hydroxylation is 1. The summed E-state index contributed by atoms with van der Waals surface area (Å²) >= 11 is 0. The van der Waals surface area contributed by atoms with Gasteiger partial charge in [0.1, 0.15) is 6.04 Å². The Hall–Kier alpha value is -1.42. The van der Waals surface area contributed by atoms with Gasteiger partial charge in [-0.15, -0.1) is 0 Å². The molecular weight excluding hydrogens is 204 g/mol. The quantitative estimate of drug-likeness (QED) is 0.810. The molecule has 2 unspecified atom stereocenters. The molecule has 1 aliphatic rings. The Morgan fingerprint density at radius 3 is 3.25 bits per heavy atom. The second-order valence-electron chi connectivity index (χ2n) is 4.22. The van der Waals surface area contributed by atoms with Crippen LogP contribution >= 0.6 is 0 Å². The van der Waals surface area contributed by atoms with Crippen molar-refractivity contribution in [2.24, 2.45) is 0 Å². The fourth-order valence-corrected chi connectivity index (χ4v) is 2.14. The highest BCUT2D eigenvalue weighted by molar-refractivity contribution is 5.72. The van der Waals surface area contributed by atoms with Gasteiger partial charge in [-0.2, -0.15) is 0 Å². The molecular formula is C12H16N2O2. The molecule has 1 aliphatic carbocycles. The van der Waals surface area contributed by atoms with E-state index >= 15 is 0 Å². The lowest BCUT2D eigenvalue weighted by atomic mass is 9.91. The molecule has 0 amide bonds. The summed E-state index contributed by atoms with van der Waals surface area (Å²) in [7, 11) is 0. The first kappa shape index (κ1) is 11.1. The maximum atomic E-state index is 10.8. The lowest BCUT2D eigenvalue weighted by Crippen LogP contribution is -2.38. The Balaban J connectivity index is 2.16. The summed E-state index contributed by atoms with van der Waals surface area (Å²) in [5.74, 6) is -0.817. The van der Waals surface area contributed by atoms with Crippen molar-refractivity contribution in [3.63, 3.8) is 0 Å². The normalized spacial score (nSPS) is 21.2. The van der Waals surface area contributed by atoms with E-state index in [0.717, 1.165) is 25.0 Å². The number of pyridine rings is 1. The molecule has 2 rings (SSSR count). The van der Waals surface area contributed by atoms with E-state index in [2.05, 4.69) is 16.4 Å². The third kappa shape index (κ3) is 2.22. The van der Waals surface area contributed by atoms with Crippen molar-refractivity contribution in [3.8, 4) is 0 Å². The number of carboxylic acids is 1. The van der Waals surface area contributed by atoms with Gasteiger partial charge < -0.3 is 5.11 Å². The average molecular weight is 220 g/mol. The van der Waals surface area contributed by atoms with Gasteiger partial charge in [-0.25, -0.2) is 0 Å². The largest absolute Gasteiger partial charge is 0.480 e. The number of hydrogen-bond acceptors (Lipinski definition) is 3. The third-order valence-corrected chi connectivity index (χ3v) is 3.02. The molecule has 0 spiro atoms. The first-order chi connectivity index (χ1) is 7.68. The summed E-state index contributed by atoms with van der Waals surface area (Å²) in [5.41, 5.74) is 2.26. The highest BCUT2D eigenvalue weighted by atomic mass is 16.4. The molecule has 1 heterocycles. The van der Waals surface area contributed by atoms with Gasteiger partial charge in [-0.1, -0.05) is 6.07 Å². The second kappa shape index (κ2) is 4.61. The van der Waals surface area contributed by atoms with Gasteiger partial charge in [0.25, 0.3) is 0 Å². The van der Waals surface area contributed by atoms with E-state index in [1.165, 1.54) is 5.56 Å². The molecule has 1 aromatic rings. The van der Waals surface area contributed by atoms with Crippen molar-refractivity contribution < 1.29 is 9.90 Å². The molecule has 0 saturated carbocycles. The van der Waals surface area contributed by atoms with Gasteiger partial charge in [-0.05, 0) is 37.8 Å². The van der Waals surface area contributed by atoms with Crippen LogP contribution in [-0.4, -0.2) is 22.1 Å². The first-order valence-electron chi connectivity index (χ1n) is 5.61. The van der Waals surface area contributed by atoms with Crippen molar-refractivity contribution >= 4 is 5.97 Å². The molecule has 0 aliphatic heterocycles. The minimum atomic E-state index is -0.817. The highest BCUT2D eigenvalue weighted by Gasteiger charge is 2.24. The van der Waals surface area contributed by atoms with Crippen LogP contribution in [0.4, 0.5) is 0 Å². The molecule has 4 nitrogen and oxygen atoms in total. The number of hydrogen-bond donors (Lipinski definition) is 2. The Morgan fingerprint density at radius 1 is 1.69 bits per heavy atom. The minimum Gasteiger partial charge on any atom is -0.480 e. The standard InChI is InChI=1S/C12H16N2O2/c1-8(12(15)16)14-10-6-2-4-9-5-3-7-13-11(9)10/h3,5,7-8,10,14H,2,4,6H2,1H3,(H,15,16). The monoisotopic (exact) mass is 220 g/mol. The fourth-order valence-electron chi connectivity index (χ4n) is 2.14. The van der Waals surface area contributed by atoms with Gasteiger partial charge in [0.2, 0.25) is 0 Å². The Kier molecular flexibility index (Phi) is 3.19. The number of carbonyl (C=O) groups is 1. The minimum absolute atomic E-state index is 0.0797. The van der Waals surface area contributed by atoms with Gasteiger partial charge in [-0.3, -0.25) is 15.1 Å². The third-order valence-electron chi connectivity index (χ3n) is 3.02. The molecule has 0 saturated heterocycles. The molecule has 1 aromatic heterocycles. The van der Waals surface area contributed by atoms with Gasteiger partial charge in [0.05, 0.1) is 11.7 Å². The number of nitrogens with one attached hydrogen (secondary N) is 1. The summed E-state index contributed by atoms with van der Waals surface area (Å²) in [6.45, 7) is 1.67. The van der Waals surface area contributed by atoms with Crippen LogP contribution in [-0.2, 0) is 11.2 Å². The van der Waals surface area contributed by atoms with E-state index < -0.39 is 12.0 Å². The molecule has 0 bridgehead atoms. The predicted octanol–water partition coefficient (Wildman–Crippen LogP) is 1.52. The van der Waals surface area contributed by atoms with Crippen LogP contribution in [0.25, 0.3) is 0 Å². The zero-order chi connectivity index (χ0) is 11.5. The number of nitrogens with zero attached hydrogens (tertiary/aromatic N) is 1. The molecule has 86 valence electrons.